The van der Waals surface area contributed by atoms with Gasteiger partial charge in [-0.2, -0.15) is 5.06 Å². The van der Waals surface area contributed by atoms with E-state index in [0.29, 0.717) is 35.6 Å². The summed E-state index contributed by atoms with van der Waals surface area (Å²) in [5, 5.41) is 17.6. The maximum atomic E-state index is 12.7. The molecular weight excluding hydrogens is 364 g/mol. The van der Waals surface area contributed by atoms with Gasteiger partial charge < -0.3 is 10.4 Å². The summed E-state index contributed by atoms with van der Waals surface area (Å²) >= 11 is 0. The summed E-state index contributed by atoms with van der Waals surface area (Å²) in [7, 11) is 0. The molecule has 2 heterocycles. The molecule has 0 spiro atoms. The molecule has 29 heavy (non-hydrogen) atoms. The van der Waals surface area contributed by atoms with E-state index in [1.165, 1.54) is 0 Å². The van der Waals surface area contributed by atoms with Crippen molar-refractivity contribution in [3.63, 3.8) is 0 Å². The molecule has 2 saturated heterocycles. The highest BCUT2D eigenvalue weighted by Crippen LogP contribution is 2.69. The number of carbonyl (C=O) groups is 1. The lowest BCUT2D eigenvalue weighted by molar-refractivity contribution is -0.168. The highest BCUT2D eigenvalue weighted by atomic mass is 16.7. The van der Waals surface area contributed by atoms with Gasteiger partial charge in [0.15, 0.2) is 0 Å². The fraction of sp³-hybridized carbons (Fsp3) is 0.875. The van der Waals surface area contributed by atoms with E-state index in [4.69, 9.17) is 4.84 Å². The van der Waals surface area contributed by atoms with Gasteiger partial charge in [-0.25, -0.2) is 0 Å². The van der Waals surface area contributed by atoms with E-state index < -0.39 is 5.60 Å². The third-order valence-electron chi connectivity index (χ3n) is 10.4. The van der Waals surface area contributed by atoms with Gasteiger partial charge >= 0.3 is 0 Å². The molecule has 160 valence electrons. The van der Waals surface area contributed by atoms with Gasteiger partial charge in [0, 0.05) is 23.8 Å². The van der Waals surface area contributed by atoms with E-state index in [1.54, 1.807) is 0 Å². The number of nitrogens with zero attached hydrogens (tertiary/aromatic N) is 1. The van der Waals surface area contributed by atoms with E-state index in [-0.39, 0.29) is 16.9 Å². The summed E-state index contributed by atoms with van der Waals surface area (Å²) in [5.41, 5.74) is -0.0581. The number of rotatable bonds is 2. The maximum absolute atomic E-state index is 12.7. The molecule has 4 saturated carbocycles. The second kappa shape index (κ2) is 5.93. The van der Waals surface area contributed by atoms with Gasteiger partial charge in [0.2, 0.25) is 0 Å². The van der Waals surface area contributed by atoms with Crippen molar-refractivity contribution in [2.24, 2.45) is 28.6 Å². The molecule has 6 rings (SSSR count). The van der Waals surface area contributed by atoms with Gasteiger partial charge in [0.1, 0.15) is 5.78 Å². The van der Waals surface area contributed by atoms with Crippen molar-refractivity contribution in [3.05, 3.63) is 12.2 Å². The number of nitrogens with one attached hydrogen (secondary N) is 1. The highest BCUT2D eigenvalue weighted by molar-refractivity contribution is 5.87. The normalized spacial score (nSPS) is 58.4. The Labute approximate surface area is 174 Å². The second-order valence-corrected chi connectivity index (χ2v) is 11.5. The van der Waals surface area contributed by atoms with Gasteiger partial charge in [0.25, 0.3) is 0 Å². The van der Waals surface area contributed by atoms with Crippen LogP contribution in [0.1, 0.15) is 65.2 Å². The fourth-order valence-electron chi connectivity index (χ4n) is 8.54. The number of carbonyl (C=O) groups excluding carboxylic acids is 1. The van der Waals surface area contributed by atoms with Crippen LogP contribution in [0.3, 0.4) is 0 Å². The molecule has 0 aromatic rings. The Kier molecular flexibility index (Phi) is 3.88. The minimum Gasteiger partial charge on any atom is -0.385 e. The molecule has 6 aliphatic rings. The lowest BCUT2D eigenvalue weighted by atomic mass is 9.43. The van der Waals surface area contributed by atoms with Gasteiger partial charge in [-0.05, 0) is 74.8 Å². The Bertz CT molecular complexity index is 763. The third kappa shape index (κ3) is 2.34. The summed E-state index contributed by atoms with van der Waals surface area (Å²) in [6, 6.07) is 0.773. The summed E-state index contributed by atoms with van der Waals surface area (Å²) in [5.74, 6) is 1.94. The van der Waals surface area contributed by atoms with Crippen LogP contribution < -0.4 is 5.32 Å². The number of hydrogen-bond acceptors (Lipinski definition) is 5. The van der Waals surface area contributed by atoms with Crippen LogP contribution in [0.15, 0.2) is 12.2 Å². The Balaban J connectivity index is 1.29. The van der Waals surface area contributed by atoms with Crippen LogP contribution in [-0.4, -0.2) is 52.8 Å². The monoisotopic (exact) mass is 400 g/mol. The van der Waals surface area contributed by atoms with E-state index >= 15 is 0 Å². The minimum atomic E-state index is -0.794. The van der Waals surface area contributed by atoms with Crippen LogP contribution in [0, 0.1) is 28.6 Å². The SMILES string of the molecule is C=C1C[C@H]2[C@@H]3CCC(=O)[C@@]3(C)CC[C@@H]2[C@@]2(C)CC3C(C[C@]12O)N3O[C@H]1CCNC1. The largest absolute Gasteiger partial charge is 0.385 e. The van der Waals surface area contributed by atoms with Crippen molar-refractivity contribution in [1.82, 2.24) is 10.4 Å². The van der Waals surface area contributed by atoms with Crippen molar-refractivity contribution in [1.29, 1.82) is 0 Å². The van der Waals surface area contributed by atoms with Crippen molar-refractivity contribution in [3.8, 4) is 0 Å². The standard InChI is InChI=1S/C24H36N2O3/c1-14-10-16-17-4-5-21(27)22(17,2)8-6-18(16)23(3)11-19-20(12-24(14,23)28)26(19)29-15-7-9-25-13-15/h15-20,25,28H,1,4-13H2,2-3H3/t15-,16-,17-,18-,19?,20?,22-,23+,24-,26?/m0/s1. The van der Waals surface area contributed by atoms with Crippen LogP contribution in [0.25, 0.3) is 0 Å². The van der Waals surface area contributed by atoms with Crippen LogP contribution >= 0.6 is 0 Å². The Morgan fingerprint density at radius 2 is 1.97 bits per heavy atom. The first-order valence-electron chi connectivity index (χ1n) is 11.9. The lowest BCUT2D eigenvalue weighted by Gasteiger charge is -2.63. The molecule has 6 fully saturated rings. The van der Waals surface area contributed by atoms with Gasteiger partial charge in [-0.1, -0.05) is 20.4 Å². The number of Topliss-reactive ketones (excluding diaryl/α,β-unsaturated/α-hetero) is 1. The first kappa shape index (κ1) is 19.0. The van der Waals surface area contributed by atoms with E-state index in [2.05, 4.69) is 30.8 Å². The van der Waals surface area contributed by atoms with Gasteiger partial charge in [0.05, 0.1) is 23.8 Å². The van der Waals surface area contributed by atoms with Gasteiger partial charge in [-0.15, -0.1) is 0 Å². The summed E-state index contributed by atoms with van der Waals surface area (Å²) in [6.45, 7) is 11.0. The van der Waals surface area contributed by atoms with Crippen LogP contribution in [0.2, 0.25) is 0 Å². The Morgan fingerprint density at radius 3 is 2.72 bits per heavy atom. The molecule has 4 aliphatic carbocycles. The molecule has 5 nitrogen and oxygen atoms in total. The van der Waals surface area contributed by atoms with E-state index in [0.717, 1.165) is 70.0 Å². The Hall–Kier alpha value is -0.750. The molecule has 5 heteroatoms. The maximum Gasteiger partial charge on any atom is 0.139 e. The molecule has 0 bridgehead atoms. The topological polar surface area (TPSA) is 61.6 Å². The minimum absolute atomic E-state index is 0.130. The van der Waals surface area contributed by atoms with Gasteiger partial charge in [-0.3, -0.25) is 9.63 Å². The molecular formula is C24H36N2O3. The second-order valence-electron chi connectivity index (χ2n) is 11.5. The molecule has 0 amide bonds. The molecule has 2 aliphatic heterocycles. The summed E-state index contributed by atoms with van der Waals surface area (Å²) in [4.78, 5) is 19.0. The van der Waals surface area contributed by atoms with Crippen molar-refractivity contribution < 1.29 is 14.7 Å². The molecule has 0 aromatic heterocycles. The zero-order valence-electron chi connectivity index (χ0n) is 18.0. The third-order valence-corrected chi connectivity index (χ3v) is 10.4. The summed E-state index contributed by atoms with van der Waals surface area (Å²) < 4.78 is 0. The van der Waals surface area contributed by atoms with Crippen LogP contribution in [0.5, 0.6) is 0 Å². The zero-order valence-corrected chi connectivity index (χ0v) is 18.0. The zero-order chi connectivity index (χ0) is 20.2. The van der Waals surface area contributed by atoms with Crippen molar-refractivity contribution in [2.45, 2.75) is 89.0 Å². The smallest absolute Gasteiger partial charge is 0.139 e. The first-order chi connectivity index (χ1) is 13.8. The summed E-state index contributed by atoms with van der Waals surface area (Å²) in [6.07, 6.45) is 7.86. The number of fused-ring (bicyclic) bond motifs is 6. The predicted octanol–water partition coefficient (Wildman–Crippen LogP) is 2.84. The average molecular weight is 401 g/mol. The average Bonchev–Trinajstić information content (AvgIpc) is 3.00. The number of hydroxylamine groups is 2. The van der Waals surface area contributed by atoms with Crippen LogP contribution in [-0.2, 0) is 9.63 Å². The molecule has 0 aromatic carbocycles. The fourth-order valence-corrected chi connectivity index (χ4v) is 8.54. The van der Waals surface area contributed by atoms with E-state index in [9.17, 15) is 9.90 Å². The van der Waals surface area contributed by atoms with Crippen molar-refractivity contribution in [2.75, 3.05) is 13.1 Å². The quantitative estimate of drug-likeness (QED) is 0.551. The number of ketones is 1. The molecule has 0 radical (unpaired) electrons. The number of aliphatic hydroxyl groups is 1. The van der Waals surface area contributed by atoms with Crippen LogP contribution in [0.4, 0.5) is 0 Å². The predicted molar refractivity (Wildman–Crippen MR) is 110 cm³/mol. The molecule has 2 N–H and O–H groups in total. The highest BCUT2D eigenvalue weighted by Gasteiger charge is 2.71. The number of hydrogen-bond donors (Lipinski definition) is 2. The van der Waals surface area contributed by atoms with Crippen molar-refractivity contribution >= 4 is 5.78 Å². The molecule has 3 unspecified atom stereocenters. The lowest BCUT2D eigenvalue weighted by Crippen LogP contribution is -2.63. The first-order valence-corrected chi connectivity index (χ1v) is 11.9. The Morgan fingerprint density at radius 1 is 1.17 bits per heavy atom. The molecule has 10 atom stereocenters. The van der Waals surface area contributed by atoms with E-state index in [1.807, 2.05) is 0 Å².